The number of nitrogens with zero attached hydrogens (tertiary/aromatic N) is 1. The minimum Gasteiger partial charge on any atom is -0.475 e. The van der Waals surface area contributed by atoms with Crippen LogP contribution in [-0.2, 0) is 14.9 Å². The summed E-state index contributed by atoms with van der Waals surface area (Å²) in [5.74, 6) is -3.15. The smallest absolute Gasteiger partial charge is 0.475 e. The van der Waals surface area contributed by atoms with Gasteiger partial charge in [0.15, 0.2) is 0 Å². The first-order valence-electron chi connectivity index (χ1n) is 7.10. The minimum atomic E-state index is -5.08. The van der Waals surface area contributed by atoms with Crippen molar-refractivity contribution < 1.29 is 47.4 Å². The molecule has 0 amide bonds. The third-order valence-electron chi connectivity index (χ3n) is 2.90. The topological polar surface area (TPSA) is 162 Å². The van der Waals surface area contributed by atoms with Crippen molar-refractivity contribution in [3.63, 3.8) is 0 Å². The summed E-state index contributed by atoms with van der Waals surface area (Å²) in [5, 5.41) is 27.6. The summed E-state index contributed by atoms with van der Waals surface area (Å²) in [6, 6.07) is 1.91. The Labute approximate surface area is 162 Å². The molecule has 0 spiro atoms. The number of benzene rings is 1. The average molecular weight is 477 g/mol. The molecule has 0 aliphatic rings. The summed E-state index contributed by atoms with van der Waals surface area (Å²) >= 11 is -0.165. The molecule has 0 aliphatic heterocycles. The first-order valence-corrected chi connectivity index (χ1v) is 9.52. The number of aliphatic carboxylic acids is 2. The first-order chi connectivity index (χ1) is 12.8. The van der Waals surface area contributed by atoms with Crippen LogP contribution in [-0.4, -0.2) is 68.5 Å². The zero-order valence-electron chi connectivity index (χ0n) is 14.6. The number of hydrogen-bond acceptors (Lipinski definition) is 7. The van der Waals surface area contributed by atoms with Crippen LogP contribution in [0.3, 0.4) is 0 Å². The summed E-state index contributed by atoms with van der Waals surface area (Å²) in [7, 11) is 2.84. The van der Waals surface area contributed by atoms with Crippen LogP contribution in [0, 0.1) is 10.1 Å². The summed E-state index contributed by atoms with van der Waals surface area (Å²) in [5.41, 5.74) is 5.83. The molecule has 0 heterocycles. The van der Waals surface area contributed by atoms with Gasteiger partial charge in [0, 0.05) is 0 Å². The van der Waals surface area contributed by atoms with E-state index in [9.17, 15) is 28.1 Å². The molecule has 1 unspecified atom stereocenters. The van der Waals surface area contributed by atoms with E-state index in [0.29, 0.717) is 22.0 Å². The number of hydrogen-bond donors (Lipinski definition) is 3. The van der Waals surface area contributed by atoms with Crippen LogP contribution >= 0.6 is 0 Å². The third kappa shape index (κ3) is 8.41. The molecule has 28 heavy (non-hydrogen) atoms. The Kier molecular flexibility index (Phi) is 10.3. The van der Waals surface area contributed by atoms with Crippen molar-refractivity contribution in [3.05, 3.63) is 27.8 Å². The van der Waals surface area contributed by atoms with Crippen molar-refractivity contribution in [2.45, 2.75) is 22.9 Å². The molecular formula is C14H17F3N2O8Se. The average Bonchev–Trinajstić information content (AvgIpc) is 2.60. The Morgan fingerprint density at radius 1 is 1.25 bits per heavy atom. The number of rotatable bonds is 8. The molecule has 0 saturated carbocycles. The molecule has 0 aromatic heterocycles. The molecule has 14 heteroatoms. The number of nitro groups is 1. The van der Waals surface area contributed by atoms with Crippen molar-refractivity contribution in [1.82, 2.24) is 0 Å². The summed E-state index contributed by atoms with van der Waals surface area (Å²) in [4.78, 5) is 30.1. The van der Waals surface area contributed by atoms with Crippen molar-refractivity contribution in [2.24, 2.45) is 5.73 Å². The van der Waals surface area contributed by atoms with Crippen molar-refractivity contribution >= 4 is 32.6 Å². The number of carboxylic acid groups (broad SMARTS) is 2. The molecular weight excluding hydrogens is 460 g/mol. The number of methoxy groups -OCH3 is 2. The van der Waals surface area contributed by atoms with Crippen LogP contribution < -0.4 is 15.2 Å². The largest absolute Gasteiger partial charge is 0.490 e. The standard InChI is InChI=1S/C12H16N2O6Se.C2HF3O2/c1-19-10-3-7(5-21-6-8(13)12(15)16)9(14(17)18)4-11(10)20-2;3-2(4,5)1(6)7/h3-4,8H,5-6,13H2,1-2H3,(H,15,16);(H,6,7). The Bertz CT molecular complexity index is 715. The maximum atomic E-state index is 11.1. The van der Waals surface area contributed by atoms with Crippen LogP contribution in [0.1, 0.15) is 5.56 Å². The van der Waals surface area contributed by atoms with Gasteiger partial charge in [-0.1, -0.05) is 0 Å². The van der Waals surface area contributed by atoms with Crippen LogP contribution in [0.15, 0.2) is 12.1 Å². The van der Waals surface area contributed by atoms with E-state index in [1.807, 2.05) is 0 Å². The summed E-state index contributed by atoms with van der Waals surface area (Å²) in [6.07, 6.45) is -5.08. The second kappa shape index (κ2) is 11.3. The van der Waals surface area contributed by atoms with Crippen molar-refractivity contribution in [3.8, 4) is 11.5 Å². The van der Waals surface area contributed by atoms with Crippen LogP contribution in [0.25, 0.3) is 0 Å². The Hall–Kier alpha value is -2.57. The van der Waals surface area contributed by atoms with Gasteiger partial charge in [-0.3, -0.25) is 0 Å². The fourth-order valence-corrected chi connectivity index (χ4v) is 3.59. The Morgan fingerprint density at radius 3 is 2.07 bits per heavy atom. The SMILES string of the molecule is COc1cc(C[Se]CC(N)C(=O)O)c([N+](=O)[O-])cc1OC.O=C(O)C(F)(F)F. The van der Waals surface area contributed by atoms with Gasteiger partial charge in [0.2, 0.25) is 0 Å². The molecule has 1 rings (SSSR count). The number of nitrogens with two attached hydrogens (primary N) is 1. The van der Waals surface area contributed by atoms with E-state index in [4.69, 9.17) is 30.2 Å². The molecule has 10 nitrogen and oxygen atoms in total. The van der Waals surface area contributed by atoms with Crippen LogP contribution in [0.2, 0.25) is 5.32 Å². The molecule has 1 atom stereocenters. The molecule has 0 radical (unpaired) electrons. The number of nitro benzene ring substituents is 1. The second-order valence-corrected chi connectivity index (χ2v) is 7.02. The van der Waals surface area contributed by atoms with Crippen molar-refractivity contribution in [1.29, 1.82) is 0 Å². The number of carboxylic acids is 2. The molecule has 0 aliphatic carbocycles. The number of halogens is 3. The normalized spacial score (nSPS) is 11.6. The Balaban J connectivity index is 0.000000887. The summed E-state index contributed by atoms with van der Waals surface area (Å²) in [6.45, 7) is 0. The van der Waals surface area contributed by atoms with E-state index in [1.165, 1.54) is 20.3 Å². The molecule has 4 N–H and O–H groups in total. The maximum Gasteiger partial charge on any atom is 0.490 e. The quantitative estimate of drug-likeness (QED) is 0.284. The van der Waals surface area contributed by atoms with Gasteiger partial charge in [-0.2, -0.15) is 13.2 Å². The van der Waals surface area contributed by atoms with Crippen molar-refractivity contribution in [2.75, 3.05) is 14.2 Å². The van der Waals surface area contributed by atoms with E-state index >= 15 is 0 Å². The van der Waals surface area contributed by atoms with E-state index in [1.54, 1.807) is 6.07 Å². The Morgan fingerprint density at radius 2 is 1.71 bits per heavy atom. The van der Waals surface area contributed by atoms with Gasteiger partial charge in [-0.05, 0) is 0 Å². The summed E-state index contributed by atoms with van der Waals surface area (Å²) < 4.78 is 41.9. The molecule has 0 saturated heterocycles. The molecule has 0 fully saturated rings. The van der Waals surface area contributed by atoms with Gasteiger partial charge in [-0.25, -0.2) is 4.79 Å². The fraction of sp³-hybridized carbons (Fsp3) is 0.429. The second-order valence-electron chi connectivity index (χ2n) is 4.86. The van der Waals surface area contributed by atoms with Gasteiger partial charge < -0.3 is 5.11 Å². The zero-order valence-corrected chi connectivity index (χ0v) is 16.3. The predicted octanol–water partition coefficient (Wildman–Crippen LogP) is 1.28. The maximum absolute atomic E-state index is 11.1. The zero-order chi connectivity index (χ0) is 22.1. The third-order valence-corrected chi connectivity index (χ3v) is 5.22. The number of ether oxygens (including phenoxy) is 2. The molecule has 158 valence electrons. The number of carbonyl (C=O) groups is 2. The predicted molar refractivity (Wildman–Crippen MR) is 89.8 cm³/mol. The molecule has 1 aromatic carbocycles. The molecule has 1 aromatic rings. The van der Waals surface area contributed by atoms with Gasteiger partial charge in [0.1, 0.15) is 0 Å². The van der Waals surface area contributed by atoms with E-state index in [-0.39, 0.29) is 26.4 Å². The van der Waals surface area contributed by atoms with Gasteiger partial charge >= 0.3 is 139 Å². The monoisotopic (exact) mass is 478 g/mol. The molecule has 0 bridgehead atoms. The van der Waals surface area contributed by atoms with E-state index in [0.717, 1.165) is 0 Å². The van der Waals surface area contributed by atoms with E-state index in [2.05, 4.69) is 0 Å². The fourth-order valence-electron chi connectivity index (χ4n) is 1.56. The van der Waals surface area contributed by atoms with Gasteiger partial charge in [-0.15, -0.1) is 0 Å². The number of alkyl halides is 3. The van der Waals surface area contributed by atoms with Crippen LogP contribution in [0.4, 0.5) is 18.9 Å². The first kappa shape index (κ1) is 25.4. The van der Waals surface area contributed by atoms with Gasteiger partial charge in [0.25, 0.3) is 0 Å². The minimum absolute atomic E-state index is 0.0709. The van der Waals surface area contributed by atoms with Crippen LogP contribution in [0.5, 0.6) is 11.5 Å². The van der Waals surface area contributed by atoms with Gasteiger partial charge in [0.05, 0.1) is 0 Å². The van der Waals surface area contributed by atoms with E-state index < -0.39 is 29.1 Å².